The van der Waals surface area contributed by atoms with Crippen molar-refractivity contribution in [1.82, 2.24) is 14.4 Å². The highest BCUT2D eigenvalue weighted by atomic mass is 32.1. The Balaban J connectivity index is 0.850. The number of benzene rings is 11. The number of nitrogens with zero attached hydrogens (tertiary/aromatic N) is 3. The molecule has 0 radical (unpaired) electrons. The van der Waals surface area contributed by atoms with Crippen molar-refractivity contribution in [2.45, 2.75) is 0 Å². The second kappa shape index (κ2) is 14.4. The van der Waals surface area contributed by atoms with Crippen LogP contribution < -0.4 is 0 Å². The Kier molecular flexibility index (Phi) is 7.94. The van der Waals surface area contributed by atoms with Gasteiger partial charge in [0.1, 0.15) is 0 Å². The second-order valence-corrected chi connectivity index (χ2v) is 19.1. The van der Waals surface area contributed by atoms with Crippen molar-refractivity contribution in [2.75, 3.05) is 0 Å². The van der Waals surface area contributed by atoms with Crippen molar-refractivity contribution in [3.8, 4) is 44.6 Å². The third-order valence-corrected chi connectivity index (χ3v) is 15.6. The van der Waals surface area contributed by atoms with Gasteiger partial charge < -0.3 is 0 Å². The molecular formula is C64H37N3S. The van der Waals surface area contributed by atoms with Crippen LogP contribution in [0.15, 0.2) is 225 Å². The van der Waals surface area contributed by atoms with Gasteiger partial charge in [0, 0.05) is 37.8 Å². The molecular weight excluding hydrogens is 843 g/mol. The van der Waals surface area contributed by atoms with Gasteiger partial charge in [0.15, 0.2) is 5.65 Å². The maximum Gasteiger partial charge on any atom is 0.156 e. The third kappa shape index (κ3) is 5.53. The molecule has 0 saturated heterocycles. The van der Waals surface area contributed by atoms with Gasteiger partial charge in [-0.15, -0.1) is 11.3 Å². The van der Waals surface area contributed by atoms with E-state index in [0.29, 0.717) is 0 Å². The van der Waals surface area contributed by atoms with Gasteiger partial charge in [-0.3, -0.25) is 9.38 Å². The van der Waals surface area contributed by atoms with Crippen LogP contribution in [-0.2, 0) is 0 Å². The molecule has 0 unspecified atom stereocenters. The standard InChI is InChI=1S/C64H37N3S/c1-4-12-46-39(9-1)25-29-55-53(46)32-33-58-62(55)66-64-63-56(61-50-14-6-2-10-40(50)27-34-60(61)68-63)36-59(67(58)64)43-23-21-42(22-24-43)49-31-30-48(51-15-7-8-16-52(49)51)41-19-17-38(18-20-41)44-26-28-54-47-13-5-3-11-45(47)37-65-57(54)35-44/h1-37H. The minimum atomic E-state index is 1.00. The maximum absolute atomic E-state index is 5.58. The van der Waals surface area contributed by atoms with Crippen molar-refractivity contribution < 1.29 is 0 Å². The minimum Gasteiger partial charge on any atom is -0.291 e. The van der Waals surface area contributed by atoms with E-state index in [0.717, 1.165) is 44.4 Å². The molecule has 0 saturated carbocycles. The van der Waals surface area contributed by atoms with Gasteiger partial charge in [-0.1, -0.05) is 194 Å². The molecule has 0 amide bonds. The minimum absolute atomic E-state index is 1.00. The summed E-state index contributed by atoms with van der Waals surface area (Å²) in [6, 6.07) is 80.1. The molecule has 11 aromatic carbocycles. The van der Waals surface area contributed by atoms with E-state index in [9.17, 15) is 0 Å². The molecule has 3 nitrogen and oxygen atoms in total. The normalized spacial score (nSPS) is 12.1. The molecule has 0 aliphatic carbocycles. The molecule has 0 fully saturated rings. The Bertz CT molecular complexity index is 4600. The molecule has 15 aromatic rings. The first-order valence-corrected chi connectivity index (χ1v) is 24.0. The van der Waals surface area contributed by atoms with Gasteiger partial charge in [0.25, 0.3) is 0 Å². The molecule has 15 rings (SSSR count). The molecule has 4 heteroatoms. The van der Waals surface area contributed by atoms with E-state index in [1.807, 2.05) is 17.5 Å². The second-order valence-electron chi connectivity index (χ2n) is 18.1. The van der Waals surface area contributed by atoms with Crippen LogP contribution >= 0.6 is 11.3 Å². The number of aromatic nitrogens is 3. The summed E-state index contributed by atoms with van der Waals surface area (Å²) in [5, 5.41) is 16.0. The SMILES string of the molecule is c1ccc2c(c1)cnc1cc(-c3ccc(-c4ccc(-c5ccc(-c6cc7c(sc8ccc9ccccc9c87)c7nc8c9ccc%10ccccc%10c9ccc8n67)cc5)c5ccccc45)cc3)ccc12. The fraction of sp³-hybridized carbons (Fsp3) is 0. The van der Waals surface area contributed by atoms with Crippen molar-refractivity contribution in [2.24, 2.45) is 0 Å². The number of hydrogen-bond donors (Lipinski definition) is 0. The molecule has 4 heterocycles. The molecule has 0 N–H and O–H groups in total. The van der Waals surface area contributed by atoms with Crippen molar-refractivity contribution >= 4 is 113 Å². The summed E-state index contributed by atoms with van der Waals surface area (Å²) in [5.74, 6) is 0. The van der Waals surface area contributed by atoms with Crippen LogP contribution in [0.2, 0.25) is 0 Å². The van der Waals surface area contributed by atoms with Gasteiger partial charge in [-0.05, 0) is 106 Å². The first-order chi connectivity index (χ1) is 33.7. The number of pyridine rings is 2. The van der Waals surface area contributed by atoms with E-state index in [-0.39, 0.29) is 0 Å². The summed E-state index contributed by atoms with van der Waals surface area (Å²) in [6.07, 6.45) is 1.98. The Morgan fingerprint density at radius 1 is 0.368 bits per heavy atom. The van der Waals surface area contributed by atoms with Crippen LogP contribution in [0.5, 0.6) is 0 Å². The van der Waals surface area contributed by atoms with E-state index in [4.69, 9.17) is 9.97 Å². The zero-order valence-electron chi connectivity index (χ0n) is 36.6. The van der Waals surface area contributed by atoms with E-state index < -0.39 is 0 Å². The highest BCUT2D eigenvalue weighted by Crippen LogP contribution is 2.45. The lowest BCUT2D eigenvalue weighted by Crippen LogP contribution is -1.93. The van der Waals surface area contributed by atoms with Gasteiger partial charge in [0.2, 0.25) is 0 Å². The fourth-order valence-corrected chi connectivity index (χ4v) is 12.3. The third-order valence-electron chi connectivity index (χ3n) is 14.4. The zero-order chi connectivity index (χ0) is 44.5. The number of thiophene rings is 1. The summed E-state index contributed by atoms with van der Waals surface area (Å²) >= 11 is 1.85. The Morgan fingerprint density at radius 3 is 1.66 bits per heavy atom. The highest BCUT2D eigenvalue weighted by molar-refractivity contribution is 7.26. The highest BCUT2D eigenvalue weighted by Gasteiger charge is 2.21. The fourth-order valence-electron chi connectivity index (χ4n) is 11.1. The predicted molar refractivity (Wildman–Crippen MR) is 290 cm³/mol. The van der Waals surface area contributed by atoms with Crippen LogP contribution in [0.25, 0.3) is 146 Å². The number of fused-ring (bicyclic) bond motifs is 17. The van der Waals surface area contributed by atoms with Gasteiger partial charge >= 0.3 is 0 Å². The van der Waals surface area contributed by atoms with E-state index >= 15 is 0 Å². The molecule has 0 bridgehead atoms. The number of hydrogen-bond acceptors (Lipinski definition) is 3. The van der Waals surface area contributed by atoms with Gasteiger partial charge in [-0.2, -0.15) is 0 Å². The molecule has 314 valence electrons. The largest absolute Gasteiger partial charge is 0.291 e. The summed E-state index contributed by atoms with van der Waals surface area (Å²) < 4.78 is 4.90. The molecule has 4 aromatic heterocycles. The number of imidazole rings is 1. The zero-order valence-corrected chi connectivity index (χ0v) is 37.4. The van der Waals surface area contributed by atoms with Gasteiger partial charge in [0.05, 0.1) is 26.9 Å². The topological polar surface area (TPSA) is 30.2 Å². The molecule has 0 aliphatic heterocycles. The van der Waals surface area contributed by atoms with Crippen molar-refractivity contribution in [3.63, 3.8) is 0 Å². The van der Waals surface area contributed by atoms with Crippen molar-refractivity contribution in [1.29, 1.82) is 0 Å². The first kappa shape index (κ1) is 37.5. The van der Waals surface area contributed by atoms with Crippen LogP contribution in [0.3, 0.4) is 0 Å². The van der Waals surface area contributed by atoms with E-state index in [2.05, 4.69) is 223 Å². The van der Waals surface area contributed by atoms with E-state index in [1.165, 1.54) is 102 Å². The average Bonchev–Trinajstić information content (AvgIpc) is 4.00. The lowest BCUT2D eigenvalue weighted by Gasteiger charge is -2.14. The van der Waals surface area contributed by atoms with Crippen LogP contribution in [0.4, 0.5) is 0 Å². The monoisotopic (exact) mass is 879 g/mol. The lowest BCUT2D eigenvalue weighted by atomic mass is 9.91. The Morgan fingerprint density at radius 2 is 0.926 bits per heavy atom. The maximum atomic E-state index is 5.58. The molecule has 68 heavy (non-hydrogen) atoms. The van der Waals surface area contributed by atoms with Crippen LogP contribution in [0.1, 0.15) is 0 Å². The predicted octanol–water partition coefficient (Wildman–Crippen LogP) is 17.8. The van der Waals surface area contributed by atoms with Crippen molar-refractivity contribution in [3.05, 3.63) is 225 Å². The van der Waals surface area contributed by atoms with Crippen LogP contribution in [-0.4, -0.2) is 14.4 Å². The lowest BCUT2D eigenvalue weighted by molar-refractivity contribution is 1.25. The summed E-state index contributed by atoms with van der Waals surface area (Å²) in [6.45, 7) is 0. The smallest absolute Gasteiger partial charge is 0.156 e. The molecule has 0 spiro atoms. The molecule has 0 atom stereocenters. The average molecular weight is 880 g/mol. The Hall–Kier alpha value is -8.70. The van der Waals surface area contributed by atoms with E-state index in [1.54, 1.807) is 0 Å². The molecule has 0 aliphatic rings. The number of rotatable bonds is 4. The van der Waals surface area contributed by atoms with Gasteiger partial charge in [-0.25, -0.2) is 4.98 Å². The van der Waals surface area contributed by atoms with Crippen LogP contribution in [0, 0.1) is 0 Å². The summed E-state index contributed by atoms with van der Waals surface area (Å²) in [4.78, 5) is 10.4. The first-order valence-electron chi connectivity index (χ1n) is 23.2. The quantitative estimate of drug-likeness (QED) is 0.165. The summed E-state index contributed by atoms with van der Waals surface area (Å²) in [5.41, 5.74) is 13.6. The Labute approximate surface area is 394 Å². The summed E-state index contributed by atoms with van der Waals surface area (Å²) in [7, 11) is 0.